The van der Waals surface area contributed by atoms with E-state index >= 15 is 0 Å². The second kappa shape index (κ2) is 9.87. The molecule has 1 saturated heterocycles. The molecule has 1 saturated carbocycles. The highest BCUT2D eigenvalue weighted by Gasteiger charge is 2.52. The molecule has 2 N–H and O–H groups in total. The maximum atomic E-state index is 12.8. The summed E-state index contributed by atoms with van der Waals surface area (Å²) in [7, 11) is 3.37. The molecule has 2 amide bonds. The van der Waals surface area contributed by atoms with Gasteiger partial charge in [-0.15, -0.1) is 0 Å². The first-order valence-corrected chi connectivity index (χ1v) is 12.4. The summed E-state index contributed by atoms with van der Waals surface area (Å²) in [6, 6.07) is 13.4. The summed E-state index contributed by atoms with van der Waals surface area (Å²) in [5.74, 6) is 1.54. The number of methoxy groups -OCH3 is 2. The van der Waals surface area contributed by atoms with Crippen LogP contribution in [-0.2, 0) is 5.41 Å². The number of carbonyl (C=O) groups excluding carboxylic acids is 1. The highest BCUT2D eigenvalue weighted by molar-refractivity contribution is 5.89. The van der Waals surface area contributed by atoms with Gasteiger partial charge in [-0.2, -0.15) is 0 Å². The van der Waals surface area contributed by atoms with Crippen molar-refractivity contribution in [1.82, 2.24) is 10.2 Å². The molecule has 6 heteroatoms. The molecule has 2 aromatic rings. The molecule has 4 rings (SSSR count). The zero-order chi connectivity index (χ0) is 24.5. The van der Waals surface area contributed by atoms with Gasteiger partial charge in [-0.25, -0.2) is 4.79 Å². The summed E-state index contributed by atoms with van der Waals surface area (Å²) in [6.45, 7) is 9.71. The Morgan fingerprint density at radius 2 is 1.74 bits per heavy atom. The van der Waals surface area contributed by atoms with Gasteiger partial charge in [0, 0.05) is 29.2 Å². The van der Waals surface area contributed by atoms with Gasteiger partial charge in [-0.05, 0) is 101 Å². The third-order valence-corrected chi connectivity index (χ3v) is 7.74. The highest BCUT2D eigenvalue weighted by Crippen LogP contribution is 2.50. The lowest BCUT2D eigenvalue weighted by Gasteiger charge is -2.46. The normalized spacial score (nSPS) is 24.6. The number of hydrogen-bond acceptors (Lipinski definition) is 4. The zero-order valence-electron chi connectivity index (χ0n) is 21.4. The van der Waals surface area contributed by atoms with Crippen molar-refractivity contribution in [2.24, 2.45) is 0 Å². The van der Waals surface area contributed by atoms with E-state index in [2.05, 4.69) is 47.6 Å². The van der Waals surface area contributed by atoms with Crippen LogP contribution in [0.15, 0.2) is 36.4 Å². The number of benzene rings is 2. The minimum atomic E-state index is -0.122. The van der Waals surface area contributed by atoms with Crippen molar-refractivity contribution in [3.05, 3.63) is 53.1 Å². The first-order valence-electron chi connectivity index (χ1n) is 12.4. The van der Waals surface area contributed by atoms with Crippen LogP contribution in [0.25, 0.3) is 0 Å². The fourth-order valence-corrected chi connectivity index (χ4v) is 6.22. The van der Waals surface area contributed by atoms with E-state index in [1.54, 1.807) is 14.2 Å². The molecule has 1 aliphatic heterocycles. The lowest BCUT2D eigenvalue weighted by molar-refractivity contribution is 0.113. The van der Waals surface area contributed by atoms with Crippen LogP contribution in [0.2, 0.25) is 0 Å². The van der Waals surface area contributed by atoms with Crippen LogP contribution in [-0.4, -0.2) is 49.8 Å². The molecule has 0 bridgehead atoms. The monoisotopic (exact) mass is 465 g/mol. The van der Waals surface area contributed by atoms with Crippen LogP contribution >= 0.6 is 0 Å². The number of fused-ring (bicyclic) bond motifs is 1. The molecule has 0 radical (unpaired) electrons. The van der Waals surface area contributed by atoms with E-state index in [0.29, 0.717) is 12.1 Å². The molecule has 1 heterocycles. The SMILES string of the molecule is COc1ccc(C23CCC(NC(=O)Nc4cc(C)cc(C)c4)CC2N(C(C)C)CC3)cc1OC. The Labute approximate surface area is 204 Å². The van der Waals surface area contributed by atoms with Crippen molar-refractivity contribution in [1.29, 1.82) is 0 Å². The number of urea groups is 1. The second-order valence-electron chi connectivity index (χ2n) is 10.3. The van der Waals surface area contributed by atoms with Gasteiger partial charge in [0.1, 0.15) is 0 Å². The third kappa shape index (κ3) is 4.74. The quantitative estimate of drug-likeness (QED) is 0.598. The molecule has 0 aromatic heterocycles. The van der Waals surface area contributed by atoms with E-state index in [0.717, 1.165) is 60.5 Å². The smallest absolute Gasteiger partial charge is 0.319 e. The molecule has 34 heavy (non-hydrogen) atoms. The van der Waals surface area contributed by atoms with E-state index in [1.165, 1.54) is 5.56 Å². The van der Waals surface area contributed by atoms with Gasteiger partial charge in [0.15, 0.2) is 11.5 Å². The summed E-state index contributed by atoms with van der Waals surface area (Å²) in [5, 5.41) is 6.31. The number of rotatable bonds is 6. The molecular formula is C28H39N3O3. The zero-order valence-corrected chi connectivity index (χ0v) is 21.4. The molecule has 2 aromatic carbocycles. The van der Waals surface area contributed by atoms with Crippen LogP contribution in [0, 0.1) is 13.8 Å². The molecule has 3 atom stereocenters. The standard InChI is InChI=1S/C28H39N3O3/c1-18(2)31-12-11-28(21-7-8-24(33-5)25(16-21)34-6)10-9-22(17-26(28)31)29-27(32)30-23-14-19(3)13-20(4)15-23/h7-8,13-16,18,22,26H,9-12,17H2,1-6H3,(H2,29,30,32). The highest BCUT2D eigenvalue weighted by atomic mass is 16.5. The average Bonchev–Trinajstić information content (AvgIpc) is 3.18. The van der Waals surface area contributed by atoms with Crippen LogP contribution in [0.4, 0.5) is 10.5 Å². The van der Waals surface area contributed by atoms with Crippen molar-refractivity contribution in [2.45, 2.75) is 76.9 Å². The molecule has 2 fully saturated rings. The molecule has 0 spiro atoms. The number of anilines is 1. The summed E-state index contributed by atoms with van der Waals surface area (Å²) >= 11 is 0. The Morgan fingerprint density at radius 1 is 1.03 bits per heavy atom. The Hall–Kier alpha value is -2.73. The van der Waals surface area contributed by atoms with Crippen LogP contribution in [0.5, 0.6) is 11.5 Å². The third-order valence-electron chi connectivity index (χ3n) is 7.74. The largest absolute Gasteiger partial charge is 0.493 e. The fraction of sp³-hybridized carbons (Fsp3) is 0.536. The lowest BCUT2D eigenvalue weighted by atomic mass is 9.65. The predicted octanol–water partition coefficient (Wildman–Crippen LogP) is 5.42. The van der Waals surface area contributed by atoms with Crippen molar-refractivity contribution in [3.8, 4) is 11.5 Å². The number of hydrogen-bond donors (Lipinski definition) is 2. The van der Waals surface area contributed by atoms with Crippen molar-refractivity contribution in [2.75, 3.05) is 26.1 Å². The van der Waals surface area contributed by atoms with Crippen LogP contribution < -0.4 is 20.1 Å². The summed E-state index contributed by atoms with van der Waals surface area (Å²) in [6.07, 6.45) is 4.04. The van der Waals surface area contributed by atoms with Gasteiger partial charge in [0.25, 0.3) is 0 Å². The summed E-state index contributed by atoms with van der Waals surface area (Å²) in [5.41, 5.74) is 4.51. The summed E-state index contributed by atoms with van der Waals surface area (Å²) < 4.78 is 11.1. The number of amides is 2. The number of ether oxygens (including phenoxy) is 2. The van der Waals surface area contributed by atoms with Crippen molar-refractivity contribution >= 4 is 11.7 Å². The fourth-order valence-electron chi connectivity index (χ4n) is 6.22. The van der Waals surface area contributed by atoms with Crippen LogP contribution in [0.1, 0.15) is 56.2 Å². The predicted molar refractivity (Wildman–Crippen MR) is 137 cm³/mol. The maximum absolute atomic E-state index is 12.8. The Balaban J connectivity index is 1.53. The van der Waals surface area contributed by atoms with E-state index in [9.17, 15) is 4.79 Å². The molecule has 184 valence electrons. The number of carbonyl (C=O) groups is 1. The topological polar surface area (TPSA) is 62.8 Å². The van der Waals surface area contributed by atoms with Crippen molar-refractivity contribution in [3.63, 3.8) is 0 Å². The number of nitrogens with one attached hydrogen (secondary N) is 2. The Bertz CT molecular complexity index is 1020. The van der Waals surface area contributed by atoms with E-state index in [1.807, 2.05) is 32.0 Å². The van der Waals surface area contributed by atoms with Crippen molar-refractivity contribution < 1.29 is 14.3 Å². The number of aryl methyl sites for hydroxylation is 2. The van der Waals surface area contributed by atoms with Gasteiger partial charge in [-0.3, -0.25) is 4.90 Å². The Morgan fingerprint density at radius 3 is 2.38 bits per heavy atom. The Kier molecular flexibility index (Phi) is 7.08. The minimum absolute atomic E-state index is 0.0616. The number of nitrogens with zero attached hydrogens (tertiary/aromatic N) is 1. The van der Waals surface area contributed by atoms with E-state index in [4.69, 9.17) is 9.47 Å². The van der Waals surface area contributed by atoms with Gasteiger partial charge < -0.3 is 20.1 Å². The second-order valence-corrected chi connectivity index (χ2v) is 10.3. The number of likely N-dealkylation sites (tertiary alicyclic amines) is 1. The maximum Gasteiger partial charge on any atom is 0.319 e. The van der Waals surface area contributed by atoms with Gasteiger partial charge >= 0.3 is 6.03 Å². The lowest BCUT2D eigenvalue weighted by Crippen LogP contribution is -2.54. The molecule has 1 aliphatic carbocycles. The molecule has 2 aliphatic rings. The summed E-state index contributed by atoms with van der Waals surface area (Å²) in [4.78, 5) is 15.5. The van der Waals surface area contributed by atoms with Gasteiger partial charge in [0.05, 0.1) is 14.2 Å². The average molecular weight is 466 g/mol. The molecule has 3 unspecified atom stereocenters. The van der Waals surface area contributed by atoms with Gasteiger partial charge in [0.2, 0.25) is 0 Å². The van der Waals surface area contributed by atoms with E-state index in [-0.39, 0.29) is 17.5 Å². The first-order chi connectivity index (χ1) is 16.3. The van der Waals surface area contributed by atoms with Gasteiger partial charge in [-0.1, -0.05) is 12.1 Å². The first kappa shape index (κ1) is 24.4. The van der Waals surface area contributed by atoms with Crippen LogP contribution in [0.3, 0.4) is 0 Å². The minimum Gasteiger partial charge on any atom is -0.493 e. The molecule has 6 nitrogen and oxygen atoms in total. The molecular weight excluding hydrogens is 426 g/mol. The van der Waals surface area contributed by atoms with E-state index < -0.39 is 0 Å².